The molecule has 2 aromatic carbocycles. The van der Waals surface area contributed by atoms with Gasteiger partial charge in [0.1, 0.15) is 0 Å². The number of benzene rings is 2. The predicted molar refractivity (Wildman–Crippen MR) is 114 cm³/mol. The van der Waals surface area contributed by atoms with Crippen LogP contribution in [0.2, 0.25) is 0 Å². The molecule has 2 N–H and O–H groups in total. The van der Waals surface area contributed by atoms with E-state index >= 15 is 0 Å². The third-order valence-corrected chi connectivity index (χ3v) is 4.85. The Kier molecular flexibility index (Phi) is 4.61. The molecule has 6 nitrogen and oxygen atoms in total. The molecule has 0 bridgehead atoms. The lowest BCUT2D eigenvalue weighted by Crippen LogP contribution is -2.14. The van der Waals surface area contributed by atoms with E-state index in [1.54, 1.807) is 6.07 Å². The summed E-state index contributed by atoms with van der Waals surface area (Å²) in [7, 11) is 3.90. The number of nitrogens with zero attached hydrogens (tertiary/aromatic N) is 3. The van der Waals surface area contributed by atoms with E-state index in [0.717, 1.165) is 23.6 Å². The summed E-state index contributed by atoms with van der Waals surface area (Å²) in [6.45, 7) is 2.97. The van der Waals surface area contributed by atoms with Crippen molar-refractivity contribution in [1.29, 1.82) is 0 Å². The quantitative estimate of drug-likeness (QED) is 0.546. The van der Waals surface area contributed by atoms with Crippen LogP contribution in [0.4, 0.5) is 11.5 Å². The molecule has 0 aliphatic carbocycles. The number of anilines is 2. The molecule has 1 amide bonds. The Labute approximate surface area is 163 Å². The first-order chi connectivity index (χ1) is 13.6. The maximum absolute atomic E-state index is 12.6. The number of carbonyl (C=O) groups excluding carboxylic acids is 1. The van der Waals surface area contributed by atoms with Crippen LogP contribution < -0.4 is 10.2 Å². The molecule has 2 aromatic heterocycles. The molecule has 0 aliphatic rings. The van der Waals surface area contributed by atoms with Crippen molar-refractivity contribution in [1.82, 2.24) is 14.8 Å². The largest absolute Gasteiger partial charge is 0.378 e. The number of nitrogens with one attached hydrogen (secondary N) is 2. The van der Waals surface area contributed by atoms with Gasteiger partial charge in [0.25, 0.3) is 5.91 Å². The lowest BCUT2D eigenvalue weighted by Gasteiger charge is -2.13. The fourth-order valence-electron chi connectivity index (χ4n) is 3.40. The highest BCUT2D eigenvalue weighted by atomic mass is 16.1. The molecule has 28 heavy (non-hydrogen) atoms. The van der Waals surface area contributed by atoms with Crippen molar-refractivity contribution in [3.63, 3.8) is 0 Å². The van der Waals surface area contributed by atoms with Gasteiger partial charge >= 0.3 is 0 Å². The Morgan fingerprint density at radius 2 is 1.93 bits per heavy atom. The monoisotopic (exact) mass is 373 g/mol. The van der Waals surface area contributed by atoms with E-state index in [1.807, 2.05) is 55.4 Å². The SMILES string of the molecule is CCn1c(-c2cc(NC(=O)c3cccc(N(C)C)c3)n[nH]2)cc2ccccc21. The van der Waals surface area contributed by atoms with E-state index < -0.39 is 0 Å². The molecule has 0 atom stereocenters. The minimum atomic E-state index is -0.183. The van der Waals surface area contributed by atoms with Crippen molar-refractivity contribution < 1.29 is 4.79 Å². The molecule has 4 aromatic rings. The smallest absolute Gasteiger partial charge is 0.256 e. The highest BCUT2D eigenvalue weighted by molar-refractivity contribution is 6.04. The lowest BCUT2D eigenvalue weighted by atomic mass is 10.2. The van der Waals surface area contributed by atoms with E-state index in [9.17, 15) is 4.79 Å². The van der Waals surface area contributed by atoms with Crippen molar-refractivity contribution in [2.24, 2.45) is 0 Å². The maximum Gasteiger partial charge on any atom is 0.256 e. The lowest BCUT2D eigenvalue weighted by molar-refractivity contribution is 0.102. The van der Waals surface area contributed by atoms with Crippen LogP contribution in [-0.2, 0) is 6.54 Å². The fraction of sp³-hybridized carbons (Fsp3) is 0.182. The summed E-state index contributed by atoms with van der Waals surface area (Å²) in [6, 6.07) is 19.8. The molecule has 0 unspecified atom stereocenters. The molecule has 2 heterocycles. The molecule has 6 heteroatoms. The van der Waals surface area contributed by atoms with Gasteiger partial charge in [-0.2, -0.15) is 5.10 Å². The third kappa shape index (κ3) is 3.24. The molecule has 0 saturated heterocycles. The summed E-state index contributed by atoms with van der Waals surface area (Å²) in [5.74, 6) is 0.320. The number of aromatic nitrogens is 3. The van der Waals surface area contributed by atoms with Crippen molar-refractivity contribution >= 4 is 28.3 Å². The number of fused-ring (bicyclic) bond motifs is 1. The predicted octanol–water partition coefficient (Wildman–Crippen LogP) is 4.37. The summed E-state index contributed by atoms with van der Waals surface area (Å²) in [4.78, 5) is 14.6. The molecular weight excluding hydrogens is 350 g/mol. The van der Waals surface area contributed by atoms with Crippen LogP contribution in [0.25, 0.3) is 22.3 Å². The number of amides is 1. The number of hydrogen-bond acceptors (Lipinski definition) is 3. The van der Waals surface area contributed by atoms with Gasteiger partial charge in [0, 0.05) is 48.9 Å². The Morgan fingerprint density at radius 3 is 2.71 bits per heavy atom. The first-order valence-corrected chi connectivity index (χ1v) is 9.29. The molecular formula is C22H23N5O. The van der Waals surface area contributed by atoms with Crippen LogP contribution in [0.3, 0.4) is 0 Å². The zero-order valence-electron chi connectivity index (χ0n) is 16.2. The van der Waals surface area contributed by atoms with Gasteiger partial charge in [0.05, 0.1) is 11.4 Å². The Bertz CT molecular complexity index is 1140. The number of aromatic amines is 1. The molecule has 142 valence electrons. The van der Waals surface area contributed by atoms with E-state index in [2.05, 4.69) is 45.2 Å². The Balaban J connectivity index is 1.60. The zero-order valence-corrected chi connectivity index (χ0v) is 16.2. The van der Waals surface area contributed by atoms with Crippen LogP contribution in [0.15, 0.2) is 60.7 Å². The standard InChI is InChI=1S/C22H23N5O/c1-4-27-19-11-6-5-8-15(19)13-20(27)18-14-21(25-24-18)23-22(28)16-9-7-10-17(12-16)26(2)3/h5-14H,4H2,1-3H3,(H2,23,24,25,28). The minimum Gasteiger partial charge on any atom is -0.378 e. The van der Waals surface area contributed by atoms with Gasteiger partial charge < -0.3 is 14.8 Å². The average molecular weight is 373 g/mol. The molecule has 4 rings (SSSR count). The number of para-hydroxylation sites is 1. The van der Waals surface area contributed by atoms with Crippen molar-refractivity contribution in [3.8, 4) is 11.4 Å². The highest BCUT2D eigenvalue weighted by Gasteiger charge is 2.14. The minimum absolute atomic E-state index is 0.183. The Morgan fingerprint density at radius 1 is 1.11 bits per heavy atom. The number of rotatable bonds is 5. The normalized spacial score (nSPS) is 11.0. The van der Waals surface area contributed by atoms with Crippen LogP contribution in [0, 0.1) is 0 Å². The second kappa shape index (κ2) is 7.23. The Hall–Kier alpha value is -3.54. The topological polar surface area (TPSA) is 66.0 Å². The molecule has 0 spiro atoms. The van der Waals surface area contributed by atoms with E-state index in [-0.39, 0.29) is 5.91 Å². The van der Waals surface area contributed by atoms with Gasteiger partial charge in [0.2, 0.25) is 0 Å². The van der Waals surface area contributed by atoms with Crippen LogP contribution in [0.5, 0.6) is 0 Å². The maximum atomic E-state index is 12.6. The number of aryl methyl sites for hydroxylation is 1. The fourth-order valence-corrected chi connectivity index (χ4v) is 3.40. The average Bonchev–Trinajstić information content (AvgIpc) is 3.31. The highest BCUT2D eigenvalue weighted by Crippen LogP contribution is 2.28. The molecule has 0 saturated carbocycles. The van der Waals surface area contributed by atoms with Gasteiger partial charge in [-0.05, 0) is 37.3 Å². The summed E-state index contributed by atoms with van der Waals surface area (Å²) in [5, 5.41) is 11.4. The van der Waals surface area contributed by atoms with Gasteiger partial charge in [0.15, 0.2) is 5.82 Å². The first-order valence-electron chi connectivity index (χ1n) is 9.29. The van der Waals surface area contributed by atoms with Crippen LogP contribution in [0.1, 0.15) is 17.3 Å². The molecule has 0 aliphatic heterocycles. The van der Waals surface area contributed by atoms with Crippen molar-refractivity contribution in [2.75, 3.05) is 24.3 Å². The number of carbonyl (C=O) groups is 1. The van der Waals surface area contributed by atoms with Crippen molar-refractivity contribution in [2.45, 2.75) is 13.5 Å². The third-order valence-electron chi connectivity index (χ3n) is 4.85. The number of hydrogen-bond donors (Lipinski definition) is 2. The van der Waals surface area contributed by atoms with Crippen LogP contribution >= 0.6 is 0 Å². The molecule has 0 radical (unpaired) electrons. The second-order valence-corrected chi connectivity index (χ2v) is 6.90. The van der Waals surface area contributed by atoms with Gasteiger partial charge in [-0.3, -0.25) is 9.89 Å². The van der Waals surface area contributed by atoms with Crippen molar-refractivity contribution in [3.05, 3.63) is 66.2 Å². The van der Waals surface area contributed by atoms with E-state index in [0.29, 0.717) is 11.4 Å². The van der Waals surface area contributed by atoms with Gasteiger partial charge in [-0.25, -0.2) is 0 Å². The summed E-state index contributed by atoms with van der Waals surface area (Å²) >= 11 is 0. The molecule has 0 fully saturated rings. The van der Waals surface area contributed by atoms with Crippen LogP contribution in [-0.4, -0.2) is 34.8 Å². The van der Waals surface area contributed by atoms with Gasteiger partial charge in [-0.1, -0.05) is 24.3 Å². The summed E-state index contributed by atoms with van der Waals surface area (Å²) in [6.07, 6.45) is 0. The van der Waals surface area contributed by atoms with Gasteiger partial charge in [-0.15, -0.1) is 0 Å². The summed E-state index contributed by atoms with van der Waals surface area (Å²) < 4.78 is 2.23. The second-order valence-electron chi connectivity index (χ2n) is 6.90. The van der Waals surface area contributed by atoms with E-state index in [1.165, 1.54) is 10.9 Å². The summed E-state index contributed by atoms with van der Waals surface area (Å²) in [5.41, 5.74) is 4.67. The van der Waals surface area contributed by atoms with E-state index in [4.69, 9.17) is 0 Å². The zero-order chi connectivity index (χ0) is 19.7. The first kappa shape index (κ1) is 17.9. The number of H-pyrrole nitrogens is 1.